The van der Waals surface area contributed by atoms with Gasteiger partial charge in [-0.2, -0.15) is 0 Å². The standard InChI is InChI=1S/C10H15NO3/c1-7-9(5-12)14-10(11-7)4-8-2-3-13-6-8/h8,12H,2-6H2,1H3. The maximum absolute atomic E-state index is 8.93. The lowest BCUT2D eigenvalue weighted by atomic mass is 10.1. The summed E-state index contributed by atoms with van der Waals surface area (Å²) in [5, 5.41) is 8.93. The Morgan fingerprint density at radius 3 is 3.00 bits per heavy atom. The van der Waals surface area contributed by atoms with Crippen molar-refractivity contribution >= 4 is 0 Å². The normalized spacial score (nSPS) is 21.7. The van der Waals surface area contributed by atoms with E-state index in [1.807, 2.05) is 6.92 Å². The van der Waals surface area contributed by atoms with Gasteiger partial charge in [0.2, 0.25) is 0 Å². The third-order valence-corrected chi connectivity index (χ3v) is 2.57. The lowest BCUT2D eigenvalue weighted by molar-refractivity contribution is 0.183. The van der Waals surface area contributed by atoms with Crippen LogP contribution in [0.25, 0.3) is 0 Å². The summed E-state index contributed by atoms with van der Waals surface area (Å²) in [6, 6.07) is 0. The summed E-state index contributed by atoms with van der Waals surface area (Å²) in [6.07, 6.45) is 1.90. The Labute approximate surface area is 82.9 Å². The van der Waals surface area contributed by atoms with E-state index in [9.17, 15) is 0 Å². The molecule has 0 amide bonds. The van der Waals surface area contributed by atoms with Crippen LogP contribution in [0.15, 0.2) is 4.42 Å². The van der Waals surface area contributed by atoms with Gasteiger partial charge in [-0.25, -0.2) is 4.98 Å². The lowest BCUT2D eigenvalue weighted by Gasteiger charge is -2.01. The maximum Gasteiger partial charge on any atom is 0.195 e. The first-order valence-electron chi connectivity index (χ1n) is 4.93. The van der Waals surface area contributed by atoms with Gasteiger partial charge in [0.15, 0.2) is 11.7 Å². The number of aliphatic hydroxyl groups is 1. The number of hydrogen-bond acceptors (Lipinski definition) is 4. The highest BCUT2D eigenvalue weighted by molar-refractivity contribution is 5.06. The van der Waals surface area contributed by atoms with Gasteiger partial charge in [0.05, 0.1) is 5.69 Å². The molecule has 14 heavy (non-hydrogen) atoms. The summed E-state index contributed by atoms with van der Waals surface area (Å²) in [6.45, 7) is 3.43. The van der Waals surface area contributed by atoms with Gasteiger partial charge in [-0.3, -0.25) is 0 Å². The number of nitrogens with zero attached hydrogens (tertiary/aromatic N) is 1. The molecule has 1 atom stereocenters. The topological polar surface area (TPSA) is 55.5 Å². The molecule has 1 aromatic heterocycles. The Bertz CT molecular complexity index is 302. The number of aliphatic hydroxyl groups excluding tert-OH is 1. The average molecular weight is 197 g/mol. The molecular weight excluding hydrogens is 182 g/mol. The van der Waals surface area contributed by atoms with E-state index < -0.39 is 0 Å². The van der Waals surface area contributed by atoms with Crippen molar-refractivity contribution in [3.05, 3.63) is 17.3 Å². The molecule has 0 radical (unpaired) electrons. The summed E-state index contributed by atoms with van der Waals surface area (Å²) in [4.78, 5) is 4.26. The van der Waals surface area contributed by atoms with Crippen LogP contribution in [-0.2, 0) is 17.8 Å². The Morgan fingerprint density at radius 1 is 1.57 bits per heavy atom. The summed E-state index contributed by atoms with van der Waals surface area (Å²) in [5.74, 6) is 1.83. The molecule has 1 fully saturated rings. The van der Waals surface area contributed by atoms with Gasteiger partial charge in [-0.05, 0) is 19.3 Å². The third-order valence-electron chi connectivity index (χ3n) is 2.57. The van der Waals surface area contributed by atoms with Gasteiger partial charge < -0.3 is 14.3 Å². The zero-order valence-corrected chi connectivity index (χ0v) is 8.32. The van der Waals surface area contributed by atoms with Crippen LogP contribution in [0.3, 0.4) is 0 Å². The summed E-state index contributed by atoms with van der Waals surface area (Å²) >= 11 is 0. The fourth-order valence-electron chi connectivity index (χ4n) is 1.71. The first-order valence-corrected chi connectivity index (χ1v) is 4.93. The smallest absolute Gasteiger partial charge is 0.195 e. The van der Waals surface area contributed by atoms with Crippen LogP contribution in [0.5, 0.6) is 0 Å². The molecule has 1 aliphatic rings. The molecular formula is C10H15NO3. The van der Waals surface area contributed by atoms with E-state index in [1.165, 1.54) is 0 Å². The molecule has 0 bridgehead atoms. The molecule has 0 aliphatic carbocycles. The van der Waals surface area contributed by atoms with Crippen molar-refractivity contribution in [2.24, 2.45) is 5.92 Å². The van der Waals surface area contributed by atoms with E-state index in [1.54, 1.807) is 0 Å². The summed E-state index contributed by atoms with van der Waals surface area (Å²) in [7, 11) is 0. The monoisotopic (exact) mass is 197 g/mol. The Morgan fingerprint density at radius 2 is 2.43 bits per heavy atom. The molecule has 0 saturated carbocycles. The summed E-state index contributed by atoms with van der Waals surface area (Å²) < 4.78 is 10.7. The molecule has 2 heterocycles. The largest absolute Gasteiger partial charge is 0.443 e. The zero-order valence-electron chi connectivity index (χ0n) is 8.32. The lowest BCUT2D eigenvalue weighted by Crippen LogP contribution is -2.03. The Balaban J connectivity index is 2.01. The van der Waals surface area contributed by atoms with Crippen LogP contribution in [0.1, 0.15) is 23.8 Å². The van der Waals surface area contributed by atoms with Crippen LogP contribution in [-0.4, -0.2) is 23.3 Å². The van der Waals surface area contributed by atoms with Crippen molar-refractivity contribution in [2.45, 2.75) is 26.4 Å². The molecule has 78 valence electrons. The van der Waals surface area contributed by atoms with Crippen molar-refractivity contribution in [2.75, 3.05) is 13.2 Å². The van der Waals surface area contributed by atoms with E-state index in [-0.39, 0.29) is 6.61 Å². The fourth-order valence-corrected chi connectivity index (χ4v) is 1.71. The Hall–Kier alpha value is -0.870. The van der Waals surface area contributed by atoms with E-state index in [2.05, 4.69) is 4.98 Å². The van der Waals surface area contributed by atoms with Crippen molar-refractivity contribution in [3.8, 4) is 0 Å². The molecule has 1 saturated heterocycles. The van der Waals surface area contributed by atoms with Gasteiger partial charge in [-0.15, -0.1) is 0 Å². The van der Waals surface area contributed by atoms with E-state index in [4.69, 9.17) is 14.3 Å². The van der Waals surface area contributed by atoms with Crippen LogP contribution >= 0.6 is 0 Å². The number of aryl methyl sites for hydroxylation is 1. The van der Waals surface area contributed by atoms with Crippen LogP contribution in [0, 0.1) is 12.8 Å². The predicted molar refractivity (Wildman–Crippen MR) is 49.8 cm³/mol. The molecule has 1 N–H and O–H groups in total. The van der Waals surface area contributed by atoms with Crippen molar-refractivity contribution in [3.63, 3.8) is 0 Å². The molecule has 4 heteroatoms. The highest BCUT2D eigenvalue weighted by atomic mass is 16.5. The molecule has 1 aromatic rings. The van der Waals surface area contributed by atoms with Crippen LogP contribution in [0.4, 0.5) is 0 Å². The van der Waals surface area contributed by atoms with E-state index in [0.717, 1.165) is 37.6 Å². The molecule has 0 aromatic carbocycles. The minimum atomic E-state index is -0.0694. The van der Waals surface area contributed by atoms with Gasteiger partial charge >= 0.3 is 0 Å². The molecule has 1 unspecified atom stereocenters. The van der Waals surface area contributed by atoms with Gasteiger partial charge in [-0.1, -0.05) is 0 Å². The SMILES string of the molecule is Cc1nc(CC2CCOC2)oc1CO. The minimum Gasteiger partial charge on any atom is -0.443 e. The van der Waals surface area contributed by atoms with E-state index >= 15 is 0 Å². The number of rotatable bonds is 3. The molecule has 2 rings (SSSR count). The van der Waals surface area contributed by atoms with Gasteiger partial charge in [0.25, 0.3) is 0 Å². The maximum atomic E-state index is 8.93. The minimum absolute atomic E-state index is 0.0694. The number of hydrogen-bond donors (Lipinski definition) is 1. The first kappa shape index (κ1) is 9.68. The summed E-state index contributed by atoms with van der Waals surface area (Å²) in [5.41, 5.74) is 0.793. The second-order valence-electron chi connectivity index (χ2n) is 3.71. The predicted octanol–water partition coefficient (Wildman–Crippen LogP) is 1.05. The second kappa shape index (κ2) is 4.11. The Kier molecular flexibility index (Phi) is 2.84. The van der Waals surface area contributed by atoms with Gasteiger partial charge in [0.1, 0.15) is 6.61 Å². The molecule has 0 spiro atoms. The van der Waals surface area contributed by atoms with Crippen molar-refractivity contribution in [1.82, 2.24) is 4.98 Å². The van der Waals surface area contributed by atoms with Crippen molar-refractivity contribution < 1.29 is 14.3 Å². The number of aromatic nitrogens is 1. The molecule has 4 nitrogen and oxygen atoms in total. The number of ether oxygens (including phenoxy) is 1. The third kappa shape index (κ3) is 1.96. The highest BCUT2D eigenvalue weighted by Gasteiger charge is 2.19. The number of oxazole rings is 1. The second-order valence-corrected chi connectivity index (χ2v) is 3.71. The van der Waals surface area contributed by atoms with Crippen LogP contribution < -0.4 is 0 Å². The highest BCUT2D eigenvalue weighted by Crippen LogP contribution is 2.19. The quantitative estimate of drug-likeness (QED) is 0.787. The molecule has 1 aliphatic heterocycles. The first-order chi connectivity index (χ1) is 6.79. The average Bonchev–Trinajstić information content (AvgIpc) is 2.76. The zero-order chi connectivity index (χ0) is 9.97. The van der Waals surface area contributed by atoms with Crippen molar-refractivity contribution in [1.29, 1.82) is 0 Å². The fraction of sp³-hybridized carbons (Fsp3) is 0.700. The van der Waals surface area contributed by atoms with Gasteiger partial charge in [0, 0.05) is 19.6 Å². The van der Waals surface area contributed by atoms with E-state index in [0.29, 0.717) is 11.7 Å². The van der Waals surface area contributed by atoms with Crippen LogP contribution in [0.2, 0.25) is 0 Å².